The van der Waals surface area contributed by atoms with E-state index in [0.717, 1.165) is 5.75 Å². The zero-order valence-corrected chi connectivity index (χ0v) is 10.3. The summed E-state index contributed by atoms with van der Waals surface area (Å²) in [6.45, 7) is 11.2. The van der Waals surface area contributed by atoms with E-state index < -0.39 is 0 Å². The fourth-order valence-electron chi connectivity index (χ4n) is 2.66. The molecule has 2 atom stereocenters. The van der Waals surface area contributed by atoms with E-state index in [1.165, 1.54) is 11.1 Å². The van der Waals surface area contributed by atoms with Crippen LogP contribution in [-0.2, 0) is 0 Å². The minimum absolute atomic E-state index is 0.199. The average Bonchev–Trinajstić information content (AvgIpc) is 2.44. The van der Waals surface area contributed by atoms with Gasteiger partial charge < -0.3 is 4.74 Å². The van der Waals surface area contributed by atoms with Gasteiger partial charge in [-0.3, -0.25) is 0 Å². The van der Waals surface area contributed by atoms with Crippen molar-refractivity contribution in [2.45, 2.75) is 46.6 Å². The molecule has 0 spiro atoms. The van der Waals surface area contributed by atoms with Crippen molar-refractivity contribution in [1.82, 2.24) is 0 Å². The van der Waals surface area contributed by atoms with Crippen LogP contribution < -0.4 is 4.74 Å². The highest BCUT2D eigenvalue weighted by atomic mass is 16.5. The number of rotatable bonds is 0. The van der Waals surface area contributed by atoms with Crippen molar-refractivity contribution in [3.63, 3.8) is 0 Å². The number of aryl methyl sites for hydroxylation is 1. The normalized spacial score (nSPS) is 24.9. The number of ether oxygens (including phenoxy) is 1. The smallest absolute Gasteiger partial charge is 0.123 e. The minimum atomic E-state index is 0.199. The second kappa shape index (κ2) is 3.26. The fraction of sp³-hybridized carbons (Fsp3) is 0.571. The topological polar surface area (TPSA) is 9.23 Å². The van der Waals surface area contributed by atoms with Crippen LogP contribution >= 0.6 is 0 Å². The second-order valence-electron chi connectivity index (χ2n) is 5.68. The van der Waals surface area contributed by atoms with Gasteiger partial charge in [0.1, 0.15) is 11.9 Å². The maximum atomic E-state index is 6.06. The Kier molecular flexibility index (Phi) is 2.29. The molecule has 0 N–H and O–H groups in total. The molecule has 0 fully saturated rings. The second-order valence-corrected chi connectivity index (χ2v) is 5.68. The van der Waals surface area contributed by atoms with Crippen LogP contribution in [-0.4, -0.2) is 6.10 Å². The zero-order chi connectivity index (χ0) is 11.2. The molecule has 0 saturated carbocycles. The van der Waals surface area contributed by atoms with Crippen LogP contribution in [0.25, 0.3) is 0 Å². The molecule has 2 rings (SSSR count). The third-order valence-electron chi connectivity index (χ3n) is 3.30. The Labute approximate surface area is 92.5 Å². The summed E-state index contributed by atoms with van der Waals surface area (Å²) in [6.07, 6.45) is 0.300. The summed E-state index contributed by atoms with van der Waals surface area (Å²) < 4.78 is 6.06. The van der Waals surface area contributed by atoms with Gasteiger partial charge in [-0.05, 0) is 24.0 Å². The van der Waals surface area contributed by atoms with E-state index in [4.69, 9.17) is 4.74 Å². The lowest BCUT2D eigenvalue weighted by Crippen LogP contribution is -2.32. The molecule has 1 aliphatic heterocycles. The summed E-state index contributed by atoms with van der Waals surface area (Å²) in [5.41, 5.74) is 2.95. The third kappa shape index (κ3) is 1.64. The Hall–Kier alpha value is -0.980. The van der Waals surface area contributed by atoms with Gasteiger partial charge in [0.2, 0.25) is 0 Å². The van der Waals surface area contributed by atoms with Gasteiger partial charge >= 0.3 is 0 Å². The molecule has 0 saturated heterocycles. The molecule has 0 aromatic heterocycles. The summed E-state index contributed by atoms with van der Waals surface area (Å²) in [7, 11) is 0. The van der Waals surface area contributed by atoms with Gasteiger partial charge in [-0.2, -0.15) is 0 Å². The van der Waals surface area contributed by atoms with Gasteiger partial charge in [-0.25, -0.2) is 0 Å². The molecule has 1 aromatic rings. The first-order valence-electron chi connectivity index (χ1n) is 5.67. The van der Waals surface area contributed by atoms with Gasteiger partial charge in [0, 0.05) is 11.5 Å². The van der Waals surface area contributed by atoms with E-state index in [9.17, 15) is 0 Å². The molecule has 15 heavy (non-hydrogen) atoms. The number of hydrogen-bond acceptors (Lipinski definition) is 1. The lowest BCUT2D eigenvalue weighted by molar-refractivity contribution is 0.0910. The van der Waals surface area contributed by atoms with Crippen LogP contribution in [0.1, 0.15) is 44.7 Å². The molecule has 1 aliphatic rings. The number of hydrogen-bond donors (Lipinski definition) is 0. The number of benzene rings is 1. The standard InChI is InChI=1S/C14H20O/c1-9-7-6-8-11-12(9)10(2)13(15-11)14(3,4)5/h6-8,10,13H,1-5H3. The van der Waals surface area contributed by atoms with Crippen molar-refractivity contribution in [3.8, 4) is 5.75 Å². The molecule has 0 aliphatic carbocycles. The minimum Gasteiger partial charge on any atom is -0.489 e. The first-order valence-corrected chi connectivity index (χ1v) is 5.67. The van der Waals surface area contributed by atoms with Crippen LogP contribution in [0, 0.1) is 12.3 Å². The predicted octanol–water partition coefficient (Wildman–Crippen LogP) is 3.91. The van der Waals surface area contributed by atoms with E-state index in [0.29, 0.717) is 12.0 Å². The summed E-state index contributed by atoms with van der Waals surface area (Å²) in [6, 6.07) is 6.33. The molecule has 0 radical (unpaired) electrons. The first kappa shape index (κ1) is 10.5. The highest BCUT2D eigenvalue weighted by Crippen LogP contribution is 2.45. The van der Waals surface area contributed by atoms with E-state index in [1.54, 1.807) is 0 Å². The van der Waals surface area contributed by atoms with Gasteiger partial charge in [-0.1, -0.05) is 39.8 Å². The molecule has 2 unspecified atom stereocenters. The highest BCUT2D eigenvalue weighted by molar-refractivity contribution is 5.46. The van der Waals surface area contributed by atoms with Crippen molar-refractivity contribution in [2.75, 3.05) is 0 Å². The van der Waals surface area contributed by atoms with Crippen molar-refractivity contribution in [3.05, 3.63) is 29.3 Å². The average molecular weight is 204 g/mol. The summed E-state index contributed by atoms with van der Waals surface area (Å²) in [5.74, 6) is 1.59. The first-order chi connectivity index (χ1) is 6.91. The third-order valence-corrected chi connectivity index (χ3v) is 3.30. The molecule has 0 bridgehead atoms. The highest BCUT2D eigenvalue weighted by Gasteiger charge is 2.39. The predicted molar refractivity (Wildman–Crippen MR) is 63.5 cm³/mol. The van der Waals surface area contributed by atoms with Gasteiger partial charge in [-0.15, -0.1) is 0 Å². The maximum Gasteiger partial charge on any atom is 0.123 e. The molecular weight excluding hydrogens is 184 g/mol. The molecule has 1 heteroatoms. The van der Waals surface area contributed by atoms with E-state index in [2.05, 4.69) is 52.8 Å². The lowest BCUT2D eigenvalue weighted by atomic mass is 9.80. The molecule has 1 aromatic carbocycles. The quantitative estimate of drug-likeness (QED) is 0.622. The summed E-state index contributed by atoms with van der Waals surface area (Å²) >= 11 is 0. The van der Waals surface area contributed by atoms with Crippen LogP contribution in [0.2, 0.25) is 0 Å². The Morgan fingerprint density at radius 1 is 1.20 bits per heavy atom. The molecular formula is C14H20O. The Bertz CT molecular complexity index is 373. The fourth-order valence-corrected chi connectivity index (χ4v) is 2.66. The molecule has 1 nitrogen and oxygen atoms in total. The van der Waals surface area contributed by atoms with E-state index >= 15 is 0 Å². The molecule has 82 valence electrons. The van der Waals surface area contributed by atoms with Crippen LogP contribution in [0.15, 0.2) is 18.2 Å². The molecule has 0 amide bonds. The SMILES string of the molecule is Cc1cccc2c1C(C)C(C(C)(C)C)O2. The summed E-state index contributed by atoms with van der Waals surface area (Å²) in [4.78, 5) is 0. The van der Waals surface area contributed by atoms with Gasteiger partial charge in [0.25, 0.3) is 0 Å². The van der Waals surface area contributed by atoms with Gasteiger partial charge in [0.15, 0.2) is 0 Å². The Morgan fingerprint density at radius 2 is 1.87 bits per heavy atom. The van der Waals surface area contributed by atoms with E-state index in [-0.39, 0.29) is 5.41 Å². The van der Waals surface area contributed by atoms with Crippen molar-refractivity contribution in [1.29, 1.82) is 0 Å². The van der Waals surface area contributed by atoms with Gasteiger partial charge in [0.05, 0.1) is 0 Å². The van der Waals surface area contributed by atoms with Crippen molar-refractivity contribution in [2.24, 2.45) is 5.41 Å². The Morgan fingerprint density at radius 3 is 2.40 bits per heavy atom. The Balaban J connectivity index is 2.42. The van der Waals surface area contributed by atoms with Crippen molar-refractivity contribution < 1.29 is 4.74 Å². The van der Waals surface area contributed by atoms with Crippen LogP contribution in [0.5, 0.6) is 5.75 Å². The largest absolute Gasteiger partial charge is 0.489 e. The zero-order valence-electron chi connectivity index (χ0n) is 10.3. The maximum absolute atomic E-state index is 6.06. The van der Waals surface area contributed by atoms with Crippen molar-refractivity contribution >= 4 is 0 Å². The molecule has 1 heterocycles. The van der Waals surface area contributed by atoms with Crippen LogP contribution in [0.4, 0.5) is 0 Å². The van der Waals surface area contributed by atoms with Crippen LogP contribution in [0.3, 0.4) is 0 Å². The monoisotopic (exact) mass is 204 g/mol. The lowest BCUT2D eigenvalue weighted by Gasteiger charge is -2.29. The van der Waals surface area contributed by atoms with E-state index in [1.807, 2.05) is 0 Å². The summed E-state index contributed by atoms with van der Waals surface area (Å²) in [5, 5.41) is 0. The number of fused-ring (bicyclic) bond motifs is 1.